The molecule has 0 radical (unpaired) electrons. The van der Waals surface area contributed by atoms with Crippen LogP contribution in [-0.2, 0) is 30.7 Å². The van der Waals surface area contributed by atoms with Crippen LogP contribution in [0.3, 0.4) is 0 Å². The van der Waals surface area contributed by atoms with E-state index in [9.17, 15) is 9.59 Å². The van der Waals surface area contributed by atoms with Crippen molar-refractivity contribution in [3.8, 4) is 5.75 Å². The standard InChI is InChI=1S/C28H30N4O4/c1-35-28(34)27-24-10-12-31(19-22-16-21-8-2-3-9-23(21)30-22)13-14-32(24)26(33)17-25(27)36-15-5-7-20-6-4-11-29-18-20/h2-4,6,8-9,11,16-18,30H,5,7,10,12-15,19H2,1H3. The molecule has 1 N–H and O–H groups in total. The summed E-state index contributed by atoms with van der Waals surface area (Å²) in [5.41, 5.74) is 4.22. The molecule has 4 aromatic rings. The van der Waals surface area contributed by atoms with E-state index in [2.05, 4.69) is 33.1 Å². The third-order valence-electron chi connectivity index (χ3n) is 6.65. The van der Waals surface area contributed by atoms with Gasteiger partial charge in [0.2, 0.25) is 0 Å². The fourth-order valence-electron chi connectivity index (χ4n) is 4.85. The zero-order chi connectivity index (χ0) is 24.9. The largest absolute Gasteiger partial charge is 0.492 e. The molecule has 0 atom stereocenters. The SMILES string of the molecule is COC(=O)c1c(OCCCc2cccnc2)cc(=O)n2c1CCN(Cc1cc3ccccc3[nH]1)CC2. The second-order valence-corrected chi connectivity index (χ2v) is 9.03. The molecule has 8 nitrogen and oxygen atoms in total. The Labute approximate surface area is 209 Å². The number of hydrogen-bond acceptors (Lipinski definition) is 6. The smallest absolute Gasteiger partial charge is 0.343 e. The molecule has 0 saturated carbocycles. The highest BCUT2D eigenvalue weighted by atomic mass is 16.5. The number of carbonyl (C=O) groups is 1. The summed E-state index contributed by atoms with van der Waals surface area (Å²) in [6, 6.07) is 15.7. The average Bonchev–Trinajstić information content (AvgIpc) is 3.19. The van der Waals surface area contributed by atoms with Crippen molar-refractivity contribution < 1.29 is 14.3 Å². The first-order valence-corrected chi connectivity index (χ1v) is 12.3. The Morgan fingerprint density at radius 2 is 2.00 bits per heavy atom. The van der Waals surface area contributed by atoms with E-state index < -0.39 is 5.97 Å². The van der Waals surface area contributed by atoms with Crippen molar-refractivity contribution >= 4 is 16.9 Å². The molecule has 8 heteroatoms. The summed E-state index contributed by atoms with van der Waals surface area (Å²) in [5.74, 6) is -0.182. The molecule has 0 spiro atoms. The van der Waals surface area contributed by atoms with Gasteiger partial charge in [-0.25, -0.2) is 4.79 Å². The zero-order valence-electron chi connectivity index (χ0n) is 20.4. The van der Waals surface area contributed by atoms with Gasteiger partial charge in [0.15, 0.2) is 0 Å². The van der Waals surface area contributed by atoms with Gasteiger partial charge in [-0.3, -0.25) is 14.7 Å². The second kappa shape index (κ2) is 10.8. The van der Waals surface area contributed by atoms with Gasteiger partial charge in [-0.1, -0.05) is 24.3 Å². The number of benzene rings is 1. The van der Waals surface area contributed by atoms with E-state index in [-0.39, 0.29) is 5.56 Å². The summed E-state index contributed by atoms with van der Waals surface area (Å²) in [6.07, 6.45) is 5.66. The number of nitrogens with zero attached hydrogens (tertiary/aromatic N) is 3. The number of pyridine rings is 2. The maximum Gasteiger partial charge on any atom is 0.343 e. The number of hydrogen-bond donors (Lipinski definition) is 1. The third-order valence-corrected chi connectivity index (χ3v) is 6.65. The molecule has 186 valence electrons. The van der Waals surface area contributed by atoms with Crippen molar-refractivity contribution in [1.82, 2.24) is 19.4 Å². The van der Waals surface area contributed by atoms with Crippen LogP contribution in [-0.4, -0.2) is 52.2 Å². The van der Waals surface area contributed by atoms with Crippen LogP contribution >= 0.6 is 0 Å². The number of aryl methyl sites for hydroxylation is 1. The Bertz CT molecular complexity index is 1380. The number of esters is 1. The van der Waals surface area contributed by atoms with Crippen LogP contribution in [0.2, 0.25) is 0 Å². The number of fused-ring (bicyclic) bond motifs is 2. The molecule has 5 rings (SSSR count). The van der Waals surface area contributed by atoms with E-state index in [1.165, 1.54) is 18.6 Å². The highest BCUT2D eigenvalue weighted by Gasteiger charge is 2.26. The van der Waals surface area contributed by atoms with Gasteiger partial charge >= 0.3 is 5.97 Å². The molecule has 3 aromatic heterocycles. The lowest BCUT2D eigenvalue weighted by Gasteiger charge is -2.18. The molecule has 36 heavy (non-hydrogen) atoms. The number of carbonyl (C=O) groups excluding carboxylic acids is 1. The first-order valence-electron chi connectivity index (χ1n) is 12.3. The lowest BCUT2D eigenvalue weighted by molar-refractivity contribution is 0.0593. The lowest BCUT2D eigenvalue weighted by atomic mass is 10.1. The van der Waals surface area contributed by atoms with Crippen molar-refractivity contribution in [3.63, 3.8) is 0 Å². The van der Waals surface area contributed by atoms with E-state index in [0.29, 0.717) is 49.7 Å². The molecule has 0 unspecified atom stereocenters. The number of para-hydroxylation sites is 1. The molecule has 4 heterocycles. The molecule has 0 aliphatic carbocycles. The quantitative estimate of drug-likeness (QED) is 0.303. The Hall–Kier alpha value is -3.91. The van der Waals surface area contributed by atoms with Gasteiger partial charge in [0.1, 0.15) is 11.3 Å². The van der Waals surface area contributed by atoms with Gasteiger partial charge in [0.05, 0.1) is 13.7 Å². The molecule has 1 aliphatic heterocycles. The van der Waals surface area contributed by atoms with Crippen molar-refractivity contribution in [2.75, 3.05) is 26.8 Å². The second-order valence-electron chi connectivity index (χ2n) is 9.03. The minimum atomic E-state index is -0.481. The fourth-order valence-corrected chi connectivity index (χ4v) is 4.85. The Kier molecular flexibility index (Phi) is 7.13. The molecule has 1 aromatic carbocycles. The molecule has 1 aliphatic rings. The molecular weight excluding hydrogens is 456 g/mol. The molecule has 0 amide bonds. The highest BCUT2D eigenvalue weighted by Crippen LogP contribution is 2.25. The van der Waals surface area contributed by atoms with E-state index in [1.807, 2.05) is 30.5 Å². The van der Waals surface area contributed by atoms with Gasteiger partial charge in [-0.2, -0.15) is 0 Å². The van der Waals surface area contributed by atoms with Crippen LogP contribution in [0.1, 0.15) is 33.7 Å². The number of nitrogens with one attached hydrogen (secondary N) is 1. The van der Waals surface area contributed by atoms with Crippen molar-refractivity contribution in [2.24, 2.45) is 0 Å². The minimum Gasteiger partial charge on any atom is -0.492 e. The number of aromatic amines is 1. The predicted molar refractivity (Wildman–Crippen MR) is 137 cm³/mol. The topological polar surface area (TPSA) is 89.5 Å². The highest BCUT2D eigenvalue weighted by molar-refractivity contribution is 5.93. The van der Waals surface area contributed by atoms with Gasteiger partial charge in [0, 0.05) is 68.0 Å². The van der Waals surface area contributed by atoms with Crippen LogP contribution in [0.25, 0.3) is 10.9 Å². The third kappa shape index (κ3) is 5.18. The van der Waals surface area contributed by atoms with Gasteiger partial charge < -0.3 is 19.0 Å². The van der Waals surface area contributed by atoms with Crippen molar-refractivity contribution in [3.05, 3.63) is 93.8 Å². The number of aromatic nitrogens is 3. The van der Waals surface area contributed by atoms with E-state index in [4.69, 9.17) is 9.47 Å². The van der Waals surface area contributed by atoms with E-state index in [0.717, 1.165) is 36.2 Å². The first-order chi connectivity index (χ1) is 17.6. The minimum absolute atomic E-state index is 0.160. The maximum atomic E-state index is 13.0. The van der Waals surface area contributed by atoms with Gasteiger partial charge in [0.25, 0.3) is 5.56 Å². The average molecular weight is 487 g/mol. The molecule has 0 fully saturated rings. The van der Waals surface area contributed by atoms with Crippen LogP contribution in [0.15, 0.2) is 65.7 Å². The maximum absolute atomic E-state index is 13.0. The monoisotopic (exact) mass is 486 g/mol. The van der Waals surface area contributed by atoms with E-state index >= 15 is 0 Å². The summed E-state index contributed by atoms with van der Waals surface area (Å²) < 4.78 is 12.8. The fraction of sp³-hybridized carbons (Fsp3) is 0.321. The molecule has 0 bridgehead atoms. The van der Waals surface area contributed by atoms with Gasteiger partial charge in [-0.15, -0.1) is 0 Å². The summed E-state index contributed by atoms with van der Waals surface area (Å²) in [5, 5.41) is 1.18. The summed E-state index contributed by atoms with van der Waals surface area (Å²) in [6.45, 7) is 3.04. The van der Waals surface area contributed by atoms with E-state index in [1.54, 1.807) is 10.8 Å². The lowest BCUT2D eigenvalue weighted by Crippen LogP contribution is -2.29. The predicted octanol–water partition coefficient (Wildman–Crippen LogP) is 3.58. The van der Waals surface area contributed by atoms with Crippen LogP contribution in [0.5, 0.6) is 5.75 Å². The summed E-state index contributed by atoms with van der Waals surface area (Å²) in [4.78, 5) is 35.8. The van der Waals surface area contributed by atoms with Crippen LogP contribution in [0, 0.1) is 0 Å². The van der Waals surface area contributed by atoms with Crippen molar-refractivity contribution in [1.29, 1.82) is 0 Å². The van der Waals surface area contributed by atoms with Crippen LogP contribution in [0.4, 0.5) is 0 Å². The van der Waals surface area contributed by atoms with Crippen LogP contribution < -0.4 is 10.3 Å². The zero-order valence-corrected chi connectivity index (χ0v) is 20.4. The Morgan fingerprint density at radius 3 is 2.81 bits per heavy atom. The number of methoxy groups -OCH3 is 1. The summed E-state index contributed by atoms with van der Waals surface area (Å²) >= 11 is 0. The number of H-pyrrole nitrogens is 1. The number of ether oxygens (including phenoxy) is 2. The molecular formula is C28H30N4O4. The van der Waals surface area contributed by atoms with Crippen molar-refractivity contribution in [2.45, 2.75) is 32.4 Å². The normalized spacial score (nSPS) is 13.8. The molecule has 0 saturated heterocycles. The summed E-state index contributed by atoms with van der Waals surface area (Å²) in [7, 11) is 1.36. The Morgan fingerprint density at radius 1 is 1.11 bits per heavy atom. The van der Waals surface area contributed by atoms with Gasteiger partial charge in [-0.05, 0) is 42.0 Å². The number of rotatable bonds is 8. The Balaban J connectivity index is 1.32. The first kappa shape index (κ1) is 23.8.